The molecule has 1 fully saturated rings. The Kier molecular flexibility index (Phi) is 6.55. The third kappa shape index (κ3) is 4.48. The number of aryl methyl sites for hydroxylation is 1. The van der Waals surface area contributed by atoms with Gasteiger partial charge in [-0.2, -0.15) is 9.97 Å². The number of halogens is 2. The van der Waals surface area contributed by atoms with Crippen LogP contribution in [0.5, 0.6) is 0 Å². The van der Waals surface area contributed by atoms with E-state index in [9.17, 15) is 24.9 Å². The number of pyridine rings is 1. The van der Waals surface area contributed by atoms with Crippen molar-refractivity contribution < 1.29 is 38.8 Å². The Bertz CT molecular complexity index is 1260. The maximum atomic E-state index is 15.0. The highest BCUT2D eigenvalue weighted by Crippen LogP contribution is 2.35. The quantitative estimate of drug-likeness (QED) is 0.242. The highest BCUT2D eigenvalue weighted by molar-refractivity contribution is 6.28. The largest absolute Gasteiger partial charge is 0.479 e. The molecule has 0 unspecified atom stereocenters. The van der Waals surface area contributed by atoms with Crippen molar-refractivity contribution >= 4 is 40.5 Å². The molecule has 3 aromatic heterocycles. The summed E-state index contributed by atoms with van der Waals surface area (Å²) in [4.78, 5) is 39.7. The summed E-state index contributed by atoms with van der Waals surface area (Å²) in [5, 5.41) is 29.6. The summed E-state index contributed by atoms with van der Waals surface area (Å²) >= 11 is 5.82. The highest BCUT2D eigenvalue weighted by Gasteiger charge is 2.52. The fraction of sp³-hybridized carbons (Fsp3) is 0.400. The molecule has 0 saturated carbocycles. The molecule has 4 atom stereocenters. The molecule has 1 saturated heterocycles. The number of ether oxygens (including phenoxy) is 2. The fourth-order valence-electron chi connectivity index (χ4n) is 3.69. The standard InChI is InChI=1S/C20H20ClFN6O7/c1-8-2-3-9(5-24-8)4-20(17(30)31,18(32)33)34-6-10-13(29)11(22)16(35-10)28-7-25-12-14(23)26-19(21)27-15(12)28/h2-3,5,7,10-11,13,16,29H,4,6H2,1H3,(H,30,31)(H,32,33)(H2,23,26,27)/t10-,11+,13-,16-/m1/s1. The number of nitrogens with two attached hydrogens (primary N) is 1. The Morgan fingerprint density at radius 1 is 1.29 bits per heavy atom. The molecule has 13 nitrogen and oxygen atoms in total. The molecule has 186 valence electrons. The number of fused-ring (bicyclic) bond motifs is 1. The average molecular weight is 511 g/mol. The first-order valence-corrected chi connectivity index (χ1v) is 10.6. The van der Waals surface area contributed by atoms with Crippen LogP contribution in [0.25, 0.3) is 11.2 Å². The number of carboxylic acid groups (broad SMARTS) is 2. The number of carboxylic acids is 2. The second-order valence-electron chi connectivity index (χ2n) is 7.93. The number of alkyl halides is 1. The van der Waals surface area contributed by atoms with E-state index < -0.39 is 55.2 Å². The van der Waals surface area contributed by atoms with Crippen LogP contribution >= 0.6 is 11.6 Å². The minimum Gasteiger partial charge on any atom is -0.479 e. The Morgan fingerprint density at radius 2 is 2.00 bits per heavy atom. The van der Waals surface area contributed by atoms with Crippen molar-refractivity contribution in [3.8, 4) is 0 Å². The second kappa shape index (κ2) is 9.30. The van der Waals surface area contributed by atoms with Gasteiger partial charge in [-0.25, -0.2) is 19.0 Å². The highest BCUT2D eigenvalue weighted by atomic mass is 35.5. The number of carbonyl (C=O) groups is 2. The average Bonchev–Trinajstić information content (AvgIpc) is 3.33. The fourth-order valence-corrected chi connectivity index (χ4v) is 3.87. The zero-order valence-electron chi connectivity index (χ0n) is 18.1. The number of imidazole rings is 1. The lowest BCUT2D eigenvalue weighted by Gasteiger charge is -2.27. The van der Waals surface area contributed by atoms with Gasteiger partial charge in [0.25, 0.3) is 5.60 Å². The first kappa shape index (κ1) is 24.7. The van der Waals surface area contributed by atoms with Crippen molar-refractivity contribution in [3.63, 3.8) is 0 Å². The topological polar surface area (TPSA) is 196 Å². The van der Waals surface area contributed by atoms with Crippen LogP contribution in [0.15, 0.2) is 24.7 Å². The van der Waals surface area contributed by atoms with Crippen molar-refractivity contribution in [2.75, 3.05) is 12.3 Å². The summed E-state index contributed by atoms with van der Waals surface area (Å²) in [5.74, 6) is -3.62. The Hall–Kier alpha value is -3.46. The summed E-state index contributed by atoms with van der Waals surface area (Å²) in [6.07, 6.45) is -4.76. The molecule has 35 heavy (non-hydrogen) atoms. The van der Waals surface area contributed by atoms with E-state index in [1.807, 2.05) is 0 Å². The van der Waals surface area contributed by atoms with E-state index in [1.165, 1.54) is 18.6 Å². The van der Waals surface area contributed by atoms with Crippen molar-refractivity contribution in [2.45, 2.75) is 43.6 Å². The predicted octanol–water partition coefficient (Wildman–Crippen LogP) is 0.529. The van der Waals surface area contributed by atoms with E-state index in [-0.39, 0.29) is 27.8 Å². The van der Waals surface area contributed by atoms with Crippen LogP contribution in [0.2, 0.25) is 5.28 Å². The number of hydrogen-bond acceptors (Lipinski definition) is 10. The van der Waals surface area contributed by atoms with E-state index in [2.05, 4.69) is 19.9 Å². The number of nitrogen functional groups attached to an aromatic ring is 1. The van der Waals surface area contributed by atoms with Crippen LogP contribution < -0.4 is 5.73 Å². The van der Waals surface area contributed by atoms with Gasteiger partial charge in [-0.3, -0.25) is 9.55 Å². The minimum atomic E-state index is -2.74. The SMILES string of the molecule is Cc1ccc(CC(OC[C@H]2O[C@@H](n3cnc4c(N)nc(Cl)nc43)[C@@H](F)[C@@H]2O)(C(=O)O)C(=O)O)cn1. The molecule has 0 amide bonds. The molecule has 1 aliphatic heterocycles. The van der Waals surface area contributed by atoms with Crippen molar-refractivity contribution in [3.05, 3.63) is 41.2 Å². The van der Waals surface area contributed by atoms with Crippen molar-refractivity contribution in [1.82, 2.24) is 24.5 Å². The number of aliphatic hydroxyl groups is 1. The molecule has 3 aromatic rings. The molecule has 4 heterocycles. The Balaban J connectivity index is 1.57. The molecule has 4 rings (SSSR count). The van der Waals surface area contributed by atoms with Gasteiger partial charge in [-0.05, 0) is 30.2 Å². The van der Waals surface area contributed by atoms with Gasteiger partial charge < -0.3 is 30.5 Å². The number of aliphatic hydroxyl groups excluding tert-OH is 1. The predicted molar refractivity (Wildman–Crippen MR) is 116 cm³/mol. The van der Waals surface area contributed by atoms with Gasteiger partial charge in [0.2, 0.25) is 5.28 Å². The van der Waals surface area contributed by atoms with E-state index in [4.69, 9.17) is 26.8 Å². The second-order valence-corrected chi connectivity index (χ2v) is 8.27. The molecule has 0 radical (unpaired) electrons. The Labute approximate surface area is 201 Å². The van der Waals surface area contributed by atoms with Crippen LogP contribution in [0.1, 0.15) is 17.5 Å². The number of aromatic nitrogens is 5. The smallest absolute Gasteiger partial charge is 0.348 e. The molecule has 0 spiro atoms. The summed E-state index contributed by atoms with van der Waals surface area (Å²) in [5.41, 5.74) is 4.12. The van der Waals surface area contributed by atoms with E-state index >= 15 is 4.39 Å². The summed E-state index contributed by atoms with van der Waals surface area (Å²) in [6, 6.07) is 3.10. The van der Waals surface area contributed by atoms with E-state index in [0.717, 1.165) is 4.57 Å². The number of hydrogen-bond donors (Lipinski definition) is 4. The maximum absolute atomic E-state index is 15.0. The molecule has 0 aromatic carbocycles. The molecule has 5 N–H and O–H groups in total. The zero-order chi connectivity index (χ0) is 25.5. The van der Waals surface area contributed by atoms with Gasteiger partial charge in [-0.15, -0.1) is 0 Å². The third-order valence-corrected chi connectivity index (χ3v) is 5.77. The monoisotopic (exact) mass is 510 g/mol. The third-order valence-electron chi connectivity index (χ3n) is 5.60. The molecular formula is C20H20ClFN6O7. The Morgan fingerprint density at radius 3 is 2.63 bits per heavy atom. The lowest BCUT2D eigenvalue weighted by Crippen LogP contribution is -2.52. The summed E-state index contributed by atoms with van der Waals surface area (Å²) in [6.45, 7) is 0.961. The van der Waals surface area contributed by atoms with Crippen molar-refractivity contribution in [2.24, 2.45) is 0 Å². The summed E-state index contributed by atoms with van der Waals surface area (Å²) < 4.78 is 27.0. The van der Waals surface area contributed by atoms with Crippen LogP contribution in [-0.4, -0.2) is 82.3 Å². The molecule has 0 aliphatic carbocycles. The number of aliphatic carboxylic acids is 2. The van der Waals surface area contributed by atoms with Gasteiger partial charge in [-0.1, -0.05) is 6.07 Å². The van der Waals surface area contributed by atoms with Gasteiger partial charge >= 0.3 is 11.9 Å². The van der Waals surface area contributed by atoms with Gasteiger partial charge in [0.1, 0.15) is 17.7 Å². The maximum Gasteiger partial charge on any atom is 0.348 e. The summed E-state index contributed by atoms with van der Waals surface area (Å²) in [7, 11) is 0. The minimum absolute atomic E-state index is 0.0428. The number of rotatable bonds is 8. The molecular weight excluding hydrogens is 491 g/mol. The van der Waals surface area contributed by atoms with E-state index in [1.54, 1.807) is 13.0 Å². The molecule has 0 bridgehead atoms. The first-order valence-electron chi connectivity index (χ1n) is 10.2. The first-order chi connectivity index (χ1) is 16.5. The number of nitrogens with zero attached hydrogens (tertiary/aromatic N) is 5. The van der Waals surface area contributed by atoms with Crippen LogP contribution in [-0.2, 0) is 25.5 Å². The molecule has 15 heteroatoms. The van der Waals surface area contributed by atoms with Gasteiger partial charge in [0.05, 0.1) is 12.9 Å². The number of anilines is 1. The van der Waals surface area contributed by atoms with E-state index in [0.29, 0.717) is 5.69 Å². The van der Waals surface area contributed by atoms with Crippen molar-refractivity contribution in [1.29, 1.82) is 0 Å². The van der Waals surface area contributed by atoms with Gasteiger partial charge in [0, 0.05) is 18.3 Å². The van der Waals surface area contributed by atoms with Crippen LogP contribution in [0, 0.1) is 6.92 Å². The van der Waals surface area contributed by atoms with Gasteiger partial charge in [0.15, 0.2) is 23.9 Å². The zero-order valence-corrected chi connectivity index (χ0v) is 18.8. The lowest BCUT2D eigenvalue weighted by molar-refractivity contribution is -0.190. The lowest BCUT2D eigenvalue weighted by atomic mass is 9.95. The van der Waals surface area contributed by atoms with Crippen LogP contribution in [0.3, 0.4) is 0 Å². The molecule has 1 aliphatic rings. The van der Waals surface area contributed by atoms with Crippen LogP contribution in [0.4, 0.5) is 10.2 Å². The normalized spacial score (nSPS) is 22.5.